The summed E-state index contributed by atoms with van der Waals surface area (Å²) in [6.07, 6.45) is 2.92. The Hall–Kier alpha value is -2.75. The molecule has 0 bridgehead atoms. The molecule has 1 heterocycles. The van der Waals surface area contributed by atoms with E-state index in [1.807, 2.05) is 30.3 Å². The lowest BCUT2D eigenvalue weighted by molar-refractivity contribution is -0.118. The lowest BCUT2D eigenvalue weighted by Crippen LogP contribution is -2.41. The van der Waals surface area contributed by atoms with Crippen molar-refractivity contribution in [1.29, 1.82) is 0 Å². The zero-order valence-corrected chi connectivity index (χ0v) is 18.2. The minimum atomic E-state index is 0.168. The van der Waals surface area contributed by atoms with E-state index in [4.69, 9.17) is 4.74 Å². The first-order chi connectivity index (χ1) is 14.6. The molecule has 0 aromatic heterocycles. The smallest absolute Gasteiger partial charge is 0.181 e. The number of ether oxygens (including phenoxy) is 1. The van der Waals surface area contributed by atoms with Crippen molar-refractivity contribution in [3.63, 3.8) is 0 Å². The lowest BCUT2D eigenvalue weighted by atomic mass is 9.76. The highest BCUT2D eigenvalue weighted by Crippen LogP contribution is 2.42. The summed E-state index contributed by atoms with van der Waals surface area (Å²) in [4.78, 5) is 15.8. The molecular weight excluding hydrogens is 372 g/mol. The third-order valence-corrected chi connectivity index (χ3v) is 6.56. The molecule has 3 atom stereocenters. The van der Waals surface area contributed by atoms with Gasteiger partial charge in [-0.15, -0.1) is 0 Å². The van der Waals surface area contributed by atoms with E-state index in [0.717, 1.165) is 42.3 Å². The van der Waals surface area contributed by atoms with Crippen LogP contribution in [0.4, 0.5) is 5.69 Å². The number of hydrogen-bond acceptors (Lipinski definition) is 4. The average molecular weight is 405 g/mol. The molecule has 158 valence electrons. The highest BCUT2D eigenvalue weighted by molar-refractivity contribution is 5.98. The maximum Gasteiger partial charge on any atom is 0.181 e. The number of benzene rings is 2. The Morgan fingerprint density at radius 3 is 2.50 bits per heavy atom. The second-order valence-corrected chi connectivity index (χ2v) is 8.71. The Morgan fingerprint density at radius 2 is 1.77 bits per heavy atom. The van der Waals surface area contributed by atoms with Crippen LogP contribution < -0.4 is 10.1 Å². The quantitative estimate of drug-likeness (QED) is 0.720. The molecule has 1 aliphatic heterocycles. The van der Waals surface area contributed by atoms with Gasteiger partial charge in [0, 0.05) is 31.1 Å². The van der Waals surface area contributed by atoms with Crippen molar-refractivity contribution in [2.24, 2.45) is 11.8 Å². The molecule has 3 unspecified atom stereocenters. The number of likely N-dealkylation sites (tertiary alicyclic amines) is 1. The predicted molar refractivity (Wildman–Crippen MR) is 122 cm³/mol. The molecule has 0 radical (unpaired) electrons. The minimum absolute atomic E-state index is 0.168. The molecule has 1 aliphatic carbocycles. The summed E-state index contributed by atoms with van der Waals surface area (Å²) < 4.78 is 5.57. The molecule has 0 amide bonds. The first kappa shape index (κ1) is 20.5. The first-order valence-electron chi connectivity index (χ1n) is 11.1. The predicted octanol–water partition coefficient (Wildman–Crippen LogP) is 5.44. The molecule has 0 saturated carbocycles. The molecule has 4 nitrogen and oxygen atoms in total. The van der Waals surface area contributed by atoms with Crippen molar-refractivity contribution in [2.75, 3.05) is 25.5 Å². The van der Waals surface area contributed by atoms with E-state index < -0.39 is 0 Å². The SMILES string of the molecule is COc1ccccc1NC1=C(N2CCCC(C)C2)C(=O)CC(c2ccccc2)C1C. The van der Waals surface area contributed by atoms with Gasteiger partial charge in [0.05, 0.1) is 12.8 Å². The van der Waals surface area contributed by atoms with Gasteiger partial charge in [-0.2, -0.15) is 0 Å². The van der Waals surface area contributed by atoms with Gasteiger partial charge >= 0.3 is 0 Å². The van der Waals surface area contributed by atoms with Gasteiger partial charge in [0.2, 0.25) is 0 Å². The summed E-state index contributed by atoms with van der Waals surface area (Å²) in [5.74, 6) is 2.00. The minimum Gasteiger partial charge on any atom is -0.495 e. The Bertz CT molecular complexity index is 922. The number of piperidine rings is 1. The van der Waals surface area contributed by atoms with Crippen molar-refractivity contribution in [2.45, 2.75) is 39.0 Å². The molecule has 0 spiro atoms. The standard InChI is InChI=1S/C26H32N2O2/c1-18-10-9-15-28(17-18)26-23(29)16-21(20-11-5-4-6-12-20)19(2)25(26)27-22-13-7-8-14-24(22)30-3/h4-8,11-14,18-19,21,27H,9-10,15-17H2,1-3H3. The summed E-state index contributed by atoms with van der Waals surface area (Å²) in [6.45, 7) is 6.42. The fourth-order valence-electron chi connectivity index (χ4n) is 4.95. The number of carbonyl (C=O) groups is 1. The summed E-state index contributed by atoms with van der Waals surface area (Å²) in [6, 6.07) is 18.4. The van der Waals surface area contributed by atoms with Crippen LogP contribution >= 0.6 is 0 Å². The van der Waals surface area contributed by atoms with Gasteiger partial charge in [0.25, 0.3) is 0 Å². The van der Waals surface area contributed by atoms with Crippen molar-refractivity contribution >= 4 is 11.5 Å². The number of allylic oxidation sites excluding steroid dienone is 2. The van der Waals surface area contributed by atoms with Crippen LogP contribution in [0.3, 0.4) is 0 Å². The van der Waals surface area contributed by atoms with Crippen LogP contribution in [0.1, 0.15) is 44.6 Å². The second kappa shape index (κ2) is 8.95. The third-order valence-electron chi connectivity index (χ3n) is 6.56. The molecule has 2 aliphatic rings. The van der Waals surface area contributed by atoms with E-state index in [9.17, 15) is 4.79 Å². The fourth-order valence-corrected chi connectivity index (χ4v) is 4.95. The zero-order valence-electron chi connectivity index (χ0n) is 18.2. The van der Waals surface area contributed by atoms with Crippen LogP contribution in [0.15, 0.2) is 66.0 Å². The maximum atomic E-state index is 13.5. The fraction of sp³-hybridized carbons (Fsp3) is 0.423. The number of hydrogen-bond donors (Lipinski definition) is 1. The highest BCUT2D eigenvalue weighted by Gasteiger charge is 2.38. The van der Waals surface area contributed by atoms with Crippen LogP contribution in [0.2, 0.25) is 0 Å². The van der Waals surface area contributed by atoms with Crippen LogP contribution in [0, 0.1) is 11.8 Å². The van der Waals surface area contributed by atoms with Crippen molar-refractivity contribution in [3.05, 3.63) is 71.6 Å². The van der Waals surface area contributed by atoms with Crippen LogP contribution in [0.5, 0.6) is 5.75 Å². The average Bonchev–Trinajstić information content (AvgIpc) is 2.77. The number of anilines is 1. The van der Waals surface area contributed by atoms with Gasteiger partial charge in [0.15, 0.2) is 5.78 Å². The normalized spacial score (nSPS) is 24.7. The Morgan fingerprint density at radius 1 is 1.03 bits per heavy atom. The number of Topliss-reactive ketones (excluding diaryl/α,β-unsaturated/α-hetero) is 1. The largest absolute Gasteiger partial charge is 0.495 e. The number of nitrogens with one attached hydrogen (secondary N) is 1. The van der Waals surface area contributed by atoms with Gasteiger partial charge in [-0.1, -0.05) is 56.3 Å². The van der Waals surface area contributed by atoms with E-state index in [-0.39, 0.29) is 17.6 Å². The number of nitrogens with zero attached hydrogens (tertiary/aromatic N) is 1. The Balaban J connectivity index is 1.77. The van der Waals surface area contributed by atoms with E-state index in [2.05, 4.69) is 48.3 Å². The molecule has 2 aromatic rings. The molecule has 30 heavy (non-hydrogen) atoms. The molecule has 2 aromatic carbocycles. The van der Waals surface area contributed by atoms with Gasteiger partial charge in [-0.25, -0.2) is 0 Å². The molecule has 4 heteroatoms. The summed E-state index contributed by atoms with van der Waals surface area (Å²) in [7, 11) is 1.68. The van der Waals surface area contributed by atoms with E-state index in [1.165, 1.54) is 12.0 Å². The van der Waals surface area contributed by atoms with E-state index in [1.54, 1.807) is 7.11 Å². The van der Waals surface area contributed by atoms with Crippen molar-refractivity contribution in [3.8, 4) is 5.75 Å². The van der Waals surface area contributed by atoms with Crippen LogP contribution in [-0.2, 0) is 4.79 Å². The zero-order chi connectivity index (χ0) is 21.1. The summed E-state index contributed by atoms with van der Waals surface area (Å²) in [5.41, 5.74) is 4.04. The molecule has 1 N–H and O–H groups in total. The van der Waals surface area contributed by atoms with E-state index >= 15 is 0 Å². The summed E-state index contributed by atoms with van der Waals surface area (Å²) >= 11 is 0. The Kier molecular flexibility index (Phi) is 6.12. The highest BCUT2D eigenvalue weighted by atomic mass is 16.5. The van der Waals surface area contributed by atoms with Crippen LogP contribution in [0.25, 0.3) is 0 Å². The molecule has 1 saturated heterocycles. The number of para-hydroxylation sites is 2. The monoisotopic (exact) mass is 404 g/mol. The molecular formula is C26H32N2O2. The van der Waals surface area contributed by atoms with Gasteiger partial charge in [-0.05, 0) is 42.4 Å². The lowest BCUT2D eigenvalue weighted by Gasteiger charge is -2.41. The number of methoxy groups -OCH3 is 1. The topological polar surface area (TPSA) is 41.6 Å². The second-order valence-electron chi connectivity index (χ2n) is 8.71. The van der Waals surface area contributed by atoms with Crippen LogP contribution in [-0.4, -0.2) is 30.9 Å². The van der Waals surface area contributed by atoms with Crippen molar-refractivity contribution < 1.29 is 9.53 Å². The van der Waals surface area contributed by atoms with Gasteiger partial charge in [0.1, 0.15) is 11.4 Å². The van der Waals surface area contributed by atoms with Gasteiger partial charge in [-0.3, -0.25) is 4.79 Å². The maximum absolute atomic E-state index is 13.5. The summed E-state index contributed by atoms with van der Waals surface area (Å²) in [5, 5.41) is 3.63. The number of rotatable bonds is 5. The molecule has 4 rings (SSSR count). The van der Waals surface area contributed by atoms with Crippen molar-refractivity contribution in [1.82, 2.24) is 4.90 Å². The first-order valence-corrected chi connectivity index (χ1v) is 11.1. The van der Waals surface area contributed by atoms with Gasteiger partial charge < -0.3 is 15.0 Å². The van der Waals surface area contributed by atoms with E-state index in [0.29, 0.717) is 12.3 Å². The Labute approximate surface area is 179 Å². The number of carbonyl (C=O) groups excluding carboxylic acids is 1. The third kappa shape index (κ3) is 4.09. The molecule has 1 fully saturated rings. The number of ketones is 1.